The summed E-state index contributed by atoms with van der Waals surface area (Å²) in [7, 11) is 1.54. The van der Waals surface area contributed by atoms with E-state index in [9.17, 15) is 9.59 Å². The van der Waals surface area contributed by atoms with Crippen LogP contribution >= 0.6 is 11.6 Å². The van der Waals surface area contributed by atoms with Crippen LogP contribution in [-0.4, -0.2) is 25.6 Å². The number of ether oxygens (including phenoxy) is 2. The van der Waals surface area contributed by atoms with Crippen molar-refractivity contribution in [3.8, 4) is 5.75 Å². The summed E-state index contributed by atoms with van der Waals surface area (Å²) < 4.78 is 10.2. The Morgan fingerprint density at radius 2 is 1.52 bits per heavy atom. The number of nitrogens with one attached hydrogen (secondary N) is 1. The molecule has 0 aromatic heterocycles. The van der Waals surface area contributed by atoms with E-state index in [0.717, 1.165) is 11.1 Å². The lowest BCUT2D eigenvalue weighted by atomic mass is 9.99. The lowest BCUT2D eigenvalue weighted by Crippen LogP contribution is -2.33. The van der Waals surface area contributed by atoms with Gasteiger partial charge in [-0.1, -0.05) is 54.1 Å². The molecule has 0 saturated heterocycles. The molecule has 0 bridgehead atoms. The first kappa shape index (κ1) is 20.4. The van der Waals surface area contributed by atoms with Gasteiger partial charge in [0.1, 0.15) is 5.75 Å². The number of esters is 1. The van der Waals surface area contributed by atoms with Crippen molar-refractivity contribution in [2.45, 2.75) is 6.04 Å². The minimum Gasteiger partial charge on any atom is -0.497 e. The molecule has 1 unspecified atom stereocenters. The Balaban J connectivity index is 1.66. The zero-order valence-corrected chi connectivity index (χ0v) is 16.6. The maximum atomic E-state index is 12.5. The van der Waals surface area contributed by atoms with E-state index in [4.69, 9.17) is 21.1 Å². The van der Waals surface area contributed by atoms with E-state index >= 15 is 0 Å². The lowest BCUT2D eigenvalue weighted by molar-refractivity contribution is -0.124. The molecule has 0 aliphatic rings. The van der Waals surface area contributed by atoms with Gasteiger partial charge < -0.3 is 14.8 Å². The molecule has 1 atom stereocenters. The first-order valence-corrected chi connectivity index (χ1v) is 9.35. The zero-order valence-electron chi connectivity index (χ0n) is 15.8. The summed E-state index contributed by atoms with van der Waals surface area (Å²) in [5.74, 6) is -0.353. The average Bonchev–Trinajstić information content (AvgIpc) is 2.77. The van der Waals surface area contributed by atoms with Crippen LogP contribution in [0.1, 0.15) is 27.5 Å². The van der Waals surface area contributed by atoms with Crippen molar-refractivity contribution < 1.29 is 19.1 Å². The standard InChI is InChI=1S/C23H20ClNO4/c1-28-20-13-9-18(10-14-20)23(27)29-15-21(26)25-22(16-5-3-2-4-6-16)17-7-11-19(24)12-8-17/h2-14,22H,15H2,1H3,(H,25,26). The molecule has 148 valence electrons. The van der Waals surface area contributed by atoms with Gasteiger partial charge in [0, 0.05) is 5.02 Å². The van der Waals surface area contributed by atoms with Gasteiger partial charge in [0.05, 0.1) is 18.7 Å². The maximum absolute atomic E-state index is 12.5. The Bertz CT molecular complexity index is 956. The number of halogens is 1. The molecule has 3 rings (SSSR count). The highest BCUT2D eigenvalue weighted by atomic mass is 35.5. The summed E-state index contributed by atoms with van der Waals surface area (Å²) in [6, 6.07) is 22.9. The van der Waals surface area contributed by atoms with Gasteiger partial charge in [0.2, 0.25) is 0 Å². The minimum absolute atomic E-state index is 0.343. The number of hydrogen-bond acceptors (Lipinski definition) is 4. The van der Waals surface area contributed by atoms with E-state index in [2.05, 4.69) is 5.32 Å². The van der Waals surface area contributed by atoms with Crippen molar-refractivity contribution in [2.75, 3.05) is 13.7 Å². The van der Waals surface area contributed by atoms with Crippen molar-refractivity contribution in [3.05, 3.63) is 101 Å². The van der Waals surface area contributed by atoms with Gasteiger partial charge in [0.25, 0.3) is 5.91 Å². The Hall–Kier alpha value is -3.31. The number of carbonyl (C=O) groups excluding carboxylic acids is 2. The molecule has 3 aromatic carbocycles. The molecule has 6 heteroatoms. The van der Waals surface area contributed by atoms with Crippen LogP contribution < -0.4 is 10.1 Å². The molecule has 0 aliphatic carbocycles. The number of hydrogen-bond donors (Lipinski definition) is 1. The van der Waals surface area contributed by atoms with Crippen molar-refractivity contribution >= 4 is 23.5 Å². The van der Waals surface area contributed by atoms with Crippen molar-refractivity contribution in [3.63, 3.8) is 0 Å². The molecule has 0 fully saturated rings. The largest absolute Gasteiger partial charge is 0.497 e. The third kappa shape index (κ3) is 5.59. The van der Waals surface area contributed by atoms with Gasteiger partial charge in [-0.2, -0.15) is 0 Å². The fourth-order valence-corrected chi connectivity index (χ4v) is 2.93. The second-order valence-corrected chi connectivity index (χ2v) is 6.70. The first-order chi connectivity index (χ1) is 14.1. The summed E-state index contributed by atoms with van der Waals surface area (Å²) in [4.78, 5) is 24.6. The normalized spacial score (nSPS) is 11.4. The SMILES string of the molecule is COc1ccc(C(=O)OCC(=O)NC(c2ccccc2)c2ccc(Cl)cc2)cc1. The van der Waals surface area contributed by atoms with Gasteiger partial charge in [-0.05, 0) is 47.5 Å². The van der Waals surface area contributed by atoms with Crippen LogP contribution in [0.4, 0.5) is 0 Å². The Labute approximate surface area is 174 Å². The lowest BCUT2D eigenvalue weighted by Gasteiger charge is -2.20. The summed E-state index contributed by atoms with van der Waals surface area (Å²) in [5.41, 5.74) is 2.12. The topological polar surface area (TPSA) is 64.6 Å². The highest BCUT2D eigenvalue weighted by Gasteiger charge is 2.18. The van der Waals surface area contributed by atoms with Gasteiger partial charge in [-0.3, -0.25) is 4.79 Å². The van der Waals surface area contributed by atoms with E-state index in [-0.39, 0.29) is 12.6 Å². The fourth-order valence-electron chi connectivity index (χ4n) is 2.80. The van der Waals surface area contributed by atoms with Crippen LogP contribution in [0, 0.1) is 0 Å². The van der Waals surface area contributed by atoms with E-state index in [0.29, 0.717) is 16.3 Å². The Kier molecular flexibility index (Phi) is 6.87. The number of benzene rings is 3. The zero-order chi connectivity index (χ0) is 20.6. The van der Waals surface area contributed by atoms with Crippen LogP contribution in [-0.2, 0) is 9.53 Å². The molecule has 0 aliphatic heterocycles. The highest BCUT2D eigenvalue weighted by Crippen LogP contribution is 2.23. The average molecular weight is 410 g/mol. The fraction of sp³-hybridized carbons (Fsp3) is 0.130. The van der Waals surface area contributed by atoms with Gasteiger partial charge >= 0.3 is 5.97 Å². The molecular formula is C23H20ClNO4. The monoisotopic (exact) mass is 409 g/mol. The summed E-state index contributed by atoms with van der Waals surface area (Å²) in [6.45, 7) is -0.387. The third-order valence-electron chi connectivity index (χ3n) is 4.30. The predicted octanol–water partition coefficient (Wildman–Crippen LogP) is 4.41. The molecule has 3 aromatic rings. The molecular weight excluding hydrogens is 390 g/mol. The first-order valence-electron chi connectivity index (χ1n) is 8.98. The number of methoxy groups -OCH3 is 1. The maximum Gasteiger partial charge on any atom is 0.338 e. The van der Waals surface area contributed by atoms with E-state index in [1.54, 1.807) is 43.5 Å². The van der Waals surface area contributed by atoms with E-state index in [1.807, 2.05) is 42.5 Å². The summed E-state index contributed by atoms with van der Waals surface area (Å²) >= 11 is 5.98. The number of carbonyl (C=O) groups is 2. The molecule has 0 radical (unpaired) electrons. The molecule has 0 heterocycles. The Morgan fingerprint density at radius 3 is 2.14 bits per heavy atom. The molecule has 1 amide bonds. The Morgan fingerprint density at radius 1 is 0.897 bits per heavy atom. The van der Waals surface area contributed by atoms with E-state index in [1.165, 1.54) is 0 Å². The number of rotatable bonds is 7. The molecule has 5 nitrogen and oxygen atoms in total. The molecule has 0 spiro atoms. The second-order valence-electron chi connectivity index (χ2n) is 6.27. The molecule has 1 N–H and O–H groups in total. The smallest absolute Gasteiger partial charge is 0.338 e. The van der Waals surface area contributed by atoms with Crippen molar-refractivity contribution in [1.82, 2.24) is 5.32 Å². The predicted molar refractivity (Wildman–Crippen MR) is 111 cm³/mol. The van der Waals surface area contributed by atoms with Crippen LogP contribution in [0.5, 0.6) is 5.75 Å². The van der Waals surface area contributed by atoms with E-state index < -0.39 is 11.9 Å². The highest BCUT2D eigenvalue weighted by molar-refractivity contribution is 6.30. The van der Waals surface area contributed by atoms with Crippen LogP contribution in [0.25, 0.3) is 0 Å². The van der Waals surface area contributed by atoms with Gasteiger partial charge in [-0.25, -0.2) is 4.79 Å². The summed E-state index contributed by atoms with van der Waals surface area (Å²) in [6.07, 6.45) is 0. The van der Waals surface area contributed by atoms with Gasteiger partial charge in [-0.15, -0.1) is 0 Å². The summed E-state index contributed by atoms with van der Waals surface area (Å²) in [5, 5.41) is 3.53. The van der Waals surface area contributed by atoms with Gasteiger partial charge in [0.15, 0.2) is 6.61 Å². The second kappa shape index (κ2) is 9.75. The number of amides is 1. The molecule has 29 heavy (non-hydrogen) atoms. The third-order valence-corrected chi connectivity index (χ3v) is 4.55. The van der Waals surface area contributed by atoms with Crippen molar-refractivity contribution in [1.29, 1.82) is 0 Å². The quantitative estimate of drug-likeness (QED) is 0.587. The van der Waals surface area contributed by atoms with Crippen molar-refractivity contribution in [2.24, 2.45) is 0 Å². The van der Waals surface area contributed by atoms with Crippen LogP contribution in [0.2, 0.25) is 5.02 Å². The molecule has 0 saturated carbocycles. The van der Waals surface area contributed by atoms with Crippen LogP contribution in [0.3, 0.4) is 0 Å². The van der Waals surface area contributed by atoms with Crippen LogP contribution in [0.15, 0.2) is 78.9 Å². The minimum atomic E-state index is -0.578.